The van der Waals surface area contributed by atoms with Crippen molar-refractivity contribution in [1.82, 2.24) is 5.32 Å². The number of nitrogens with one attached hydrogen (secondary N) is 1. The molecule has 4 atom stereocenters. The Kier molecular flexibility index (Phi) is 48.0. The minimum atomic E-state index is -4.43. The zero-order chi connectivity index (χ0) is 50.8. The van der Waals surface area contributed by atoms with E-state index in [0.717, 1.165) is 70.6 Å². The normalized spacial score (nSPS) is 15.0. The average molecular weight is 991 g/mol. The summed E-state index contributed by atoms with van der Waals surface area (Å²) in [4.78, 5) is 23.3. The summed E-state index contributed by atoms with van der Waals surface area (Å²) in [5.41, 5.74) is 0. The van der Waals surface area contributed by atoms with Crippen LogP contribution >= 0.6 is 7.82 Å². The first kappa shape index (κ1) is 66.9. The molecule has 0 saturated carbocycles. The van der Waals surface area contributed by atoms with Gasteiger partial charge in [0.25, 0.3) is 0 Å². The number of phosphoric acid groups is 1. The molecule has 10 heteroatoms. The van der Waals surface area contributed by atoms with Gasteiger partial charge >= 0.3 is 7.82 Å². The van der Waals surface area contributed by atoms with Crippen molar-refractivity contribution < 1.29 is 38.0 Å². The number of aliphatic hydroxyl groups excluding tert-OH is 2. The molecule has 0 bridgehead atoms. The summed E-state index contributed by atoms with van der Waals surface area (Å²) in [6.45, 7) is 4.44. The Balaban J connectivity index is 4.10. The second-order valence-corrected chi connectivity index (χ2v) is 21.9. The van der Waals surface area contributed by atoms with Crippen LogP contribution in [0.2, 0.25) is 0 Å². The lowest BCUT2D eigenvalue weighted by Crippen LogP contribution is -2.51. The lowest BCUT2D eigenvalue weighted by molar-refractivity contribution is -0.870. The largest absolute Gasteiger partial charge is 0.472 e. The molecule has 0 saturated heterocycles. The van der Waals surface area contributed by atoms with Crippen LogP contribution in [0.1, 0.15) is 239 Å². The van der Waals surface area contributed by atoms with E-state index in [4.69, 9.17) is 9.05 Å². The van der Waals surface area contributed by atoms with Crippen LogP contribution in [-0.2, 0) is 18.4 Å². The van der Waals surface area contributed by atoms with Crippen molar-refractivity contribution in [2.24, 2.45) is 0 Å². The number of hydrogen-bond donors (Lipinski definition) is 4. The minimum absolute atomic E-state index is 0.0127. The van der Waals surface area contributed by atoms with Gasteiger partial charge in [0.15, 0.2) is 0 Å². The summed E-state index contributed by atoms with van der Waals surface area (Å²) < 4.78 is 23.6. The van der Waals surface area contributed by atoms with Gasteiger partial charge in [-0.15, -0.1) is 0 Å². The molecule has 0 rings (SSSR count). The molecule has 0 aliphatic carbocycles. The predicted molar refractivity (Wildman–Crippen MR) is 296 cm³/mol. The van der Waals surface area contributed by atoms with E-state index >= 15 is 0 Å². The highest BCUT2D eigenvalue weighted by Gasteiger charge is 2.31. The summed E-state index contributed by atoms with van der Waals surface area (Å²) in [6, 6.07) is -1.06. The van der Waals surface area contributed by atoms with Crippen molar-refractivity contribution in [3.8, 4) is 0 Å². The number of allylic oxidation sites excluding steroid dienone is 12. The van der Waals surface area contributed by atoms with Gasteiger partial charge in [0.1, 0.15) is 19.3 Å². The molecule has 402 valence electrons. The van der Waals surface area contributed by atoms with Gasteiger partial charge in [0.2, 0.25) is 5.91 Å². The third kappa shape index (κ3) is 50.6. The first-order valence-corrected chi connectivity index (χ1v) is 29.9. The van der Waals surface area contributed by atoms with E-state index in [-0.39, 0.29) is 18.9 Å². The molecule has 1 amide bonds. The van der Waals surface area contributed by atoms with Crippen molar-refractivity contribution in [2.75, 3.05) is 40.9 Å². The third-order valence-corrected chi connectivity index (χ3v) is 13.5. The summed E-state index contributed by atoms with van der Waals surface area (Å²) >= 11 is 0. The van der Waals surface area contributed by atoms with Gasteiger partial charge < -0.3 is 24.9 Å². The molecule has 4 unspecified atom stereocenters. The Bertz CT molecular complexity index is 1370. The van der Waals surface area contributed by atoms with Crippen LogP contribution in [-0.4, -0.2) is 84.6 Å². The molecule has 0 aromatic rings. The van der Waals surface area contributed by atoms with Crippen LogP contribution in [0.15, 0.2) is 72.9 Å². The van der Waals surface area contributed by atoms with Gasteiger partial charge in [0.05, 0.1) is 39.9 Å². The van der Waals surface area contributed by atoms with Gasteiger partial charge in [-0.3, -0.25) is 13.8 Å². The van der Waals surface area contributed by atoms with E-state index in [9.17, 15) is 24.5 Å². The molecule has 0 aliphatic rings. The Morgan fingerprint density at radius 2 is 0.913 bits per heavy atom. The van der Waals surface area contributed by atoms with E-state index in [1.807, 2.05) is 21.1 Å². The van der Waals surface area contributed by atoms with Crippen LogP contribution in [0, 0.1) is 0 Å². The van der Waals surface area contributed by atoms with E-state index in [1.54, 1.807) is 0 Å². The second-order valence-electron chi connectivity index (χ2n) is 20.4. The quantitative estimate of drug-likeness (QED) is 0.0207. The van der Waals surface area contributed by atoms with Gasteiger partial charge in [-0.05, 0) is 89.9 Å². The van der Waals surface area contributed by atoms with Crippen LogP contribution in [0.25, 0.3) is 0 Å². The minimum Gasteiger partial charge on any atom is -0.390 e. The van der Waals surface area contributed by atoms with Crippen LogP contribution < -0.4 is 5.32 Å². The molecule has 0 fully saturated rings. The smallest absolute Gasteiger partial charge is 0.390 e. The number of phosphoric ester groups is 1. The molecule has 0 radical (unpaired) electrons. The van der Waals surface area contributed by atoms with Crippen molar-refractivity contribution >= 4 is 13.7 Å². The lowest BCUT2D eigenvalue weighted by Gasteiger charge is -2.28. The first-order chi connectivity index (χ1) is 33.4. The topological polar surface area (TPSA) is 125 Å². The highest BCUT2D eigenvalue weighted by atomic mass is 31.2. The standard InChI is InChI=1S/C59H109N2O7P/c1-6-8-10-12-14-16-18-20-21-22-23-24-25-26-27-28-29-30-31-32-33-34-35-36-37-38-39-40-42-44-46-48-50-52-58(63)60-56(55-68-69(65,66)67-54-53-61(3,4)5)59(64)57(62)51-49-47-45-43-41-19-17-15-13-11-9-7-2/h8,10,14-17,20-21,23-24,43,45,56-57,59,62,64H,6-7,9,11-13,18-19,22,25-42,44,46-55H2,1-5H3,(H-,60,63,65,66)/p+1/b10-8-,16-14-,17-15+,21-20-,24-23-,45-43+. The van der Waals surface area contributed by atoms with Gasteiger partial charge in [-0.1, -0.05) is 215 Å². The van der Waals surface area contributed by atoms with Crippen molar-refractivity contribution in [2.45, 2.75) is 257 Å². The van der Waals surface area contributed by atoms with Gasteiger partial charge in [0, 0.05) is 6.42 Å². The fraction of sp³-hybridized carbons (Fsp3) is 0.780. The zero-order valence-electron chi connectivity index (χ0n) is 45.4. The molecule has 0 spiro atoms. The fourth-order valence-electron chi connectivity index (χ4n) is 8.03. The number of quaternary nitrogens is 1. The Morgan fingerprint density at radius 1 is 0.522 bits per heavy atom. The Morgan fingerprint density at radius 3 is 1.38 bits per heavy atom. The van der Waals surface area contributed by atoms with Crippen molar-refractivity contribution in [3.63, 3.8) is 0 Å². The summed E-state index contributed by atoms with van der Waals surface area (Å²) in [5.74, 6) is -0.272. The molecule has 0 heterocycles. The number of nitrogens with zero attached hydrogens (tertiary/aromatic N) is 1. The number of likely N-dealkylation sites (N-methyl/N-ethyl adjacent to an activating group) is 1. The first-order valence-electron chi connectivity index (χ1n) is 28.4. The maximum atomic E-state index is 13.0. The Hall–Kier alpha value is -2.10. The lowest BCUT2D eigenvalue weighted by atomic mass is 10.0. The predicted octanol–water partition coefficient (Wildman–Crippen LogP) is 16.1. The number of carbonyl (C=O) groups is 1. The van der Waals surface area contributed by atoms with E-state index in [2.05, 4.69) is 92.1 Å². The maximum absolute atomic E-state index is 13.0. The van der Waals surface area contributed by atoms with Crippen LogP contribution in [0.3, 0.4) is 0 Å². The van der Waals surface area contributed by atoms with E-state index in [0.29, 0.717) is 23.9 Å². The molecular formula is C59H110N2O7P+. The fourth-order valence-corrected chi connectivity index (χ4v) is 8.77. The van der Waals surface area contributed by atoms with Crippen molar-refractivity contribution in [1.29, 1.82) is 0 Å². The molecule has 9 nitrogen and oxygen atoms in total. The van der Waals surface area contributed by atoms with Gasteiger partial charge in [-0.2, -0.15) is 0 Å². The van der Waals surface area contributed by atoms with E-state index < -0.39 is 32.7 Å². The molecular weight excluding hydrogens is 880 g/mol. The average Bonchev–Trinajstić information content (AvgIpc) is 3.31. The number of amides is 1. The SMILES string of the molecule is CC/C=C\C/C=C\C/C=C\C/C=C\CCCCCCCCCCCCCCCCCCCCCCC(=O)NC(COP(=O)(O)OCC[N+](C)(C)C)C(O)C(O)CCC/C=C/CC/C=C/CCCCC. The number of aliphatic hydroxyl groups is 2. The maximum Gasteiger partial charge on any atom is 0.472 e. The summed E-state index contributed by atoms with van der Waals surface area (Å²) in [5, 5.41) is 24.7. The van der Waals surface area contributed by atoms with E-state index in [1.165, 1.54) is 135 Å². The van der Waals surface area contributed by atoms with Crippen LogP contribution in [0.4, 0.5) is 0 Å². The molecule has 69 heavy (non-hydrogen) atoms. The molecule has 0 aromatic carbocycles. The summed E-state index contributed by atoms with van der Waals surface area (Å²) in [7, 11) is 1.41. The molecule has 4 N–H and O–H groups in total. The zero-order valence-corrected chi connectivity index (χ0v) is 46.3. The monoisotopic (exact) mass is 990 g/mol. The summed E-state index contributed by atoms with van der Waals surface area (Å²) in [6.07, 6.45) is 64.4. The molecule has 0 aliphatic heterocycles. The Labute approximate surface area is 426 Å². The number of unbranched alkanes of at least 4 members (excludes halogenated alkanes) is 25. The van der Waals surface area contributed by atoms with Gasteiger partial charge in [-0.25, -0.2) is 4.57 Å². The highest BCUT2D eigenvalue weighted by molar-refractivity contribution is 7.47. The van der Waals surface area contributed by atoms with Crippen LogP contribution in [0.5, 0.6) is 0 Å². The number of hydrogen-bond acceptors (Lipinski definition) is 6. The number of carbonyl (C=O) groups excluding carboxylic acids is 1. The highest BCUT2D eigenvalue weighted by Crippen LogP contribution is 2.43. The molecule has 0 aromatic heterocycles. The second kappa shape index (κ2) is 49.5. The third-order valence-electron chi connectivity index (χ3n) is 12.5. The van der Waals surface area contributed by atoms with Crippen molar-refractivity contribution in [3.05, 3.63) is 72.9 Å². The number of rotatable bonds is 51.